The summed E-state index contributed by atoms with van der Waals surface area (Å²) in [5, 5.41) is 5.72. The molecule has 0 aromatic rings. The molecule has 1 heterocycles. The third kappa shape index (κ3) is 3.26. The molecule has 2 rings (SSSR count). The van der Waals surface area contributed by atoms with Crippen LogP contribution in [0.1, 0.15) is 39.5 Å². The first-order chi connectivity index (χ1) is 9.04. The van der Waals surface area contributed by atoms with Crippen LogP contribution in [0.4, 0.5) is 0 Å². The van der Waals surface area contributed by atoms with Crippen molar-refractivity contribution < 1.29 is 9.59 Å². The molecule has 5 nitrogen and oxygen atoms in total. The Kier molecular flexibility index (Phi) is 4.45. The summed E-state index contributed by atoms with van der Waals surface area (Å²) in [5.74, 6) is 0.571. The van der Waals surface area contributed by atoms with Gasteiger partial charge < -0.3 is 10.6 Å². The van der Waals surface area contributed by atoms with Crippen LogP contribution in [0.15, 0.2) is 0 Å². The van der Waals surface area contributed by atoms with Crippen LogP contribution in [-0.4, -0.2) is 48.4 Å². The van der Waals surface area contributed by atoms with Crippen LogP contribution >= 0.6 is 0 Å². The number of carbonyl (C=O) groups excluding carboxylic acids is 2. The molecular weight excluding hydrogens is 242 g/mol. The lowest BCUT2D eigenvalue weighted by Crippen LogP contribution is -2.54. The number of nitrogens with zero attached hydrogens (tertiary/aromatic N) is 1. The summed E-state index contributed by atoms with van der Waals surface area (Å²) in [5.41, 5.74) is 0. The molecule has 0 aromatic heterocycles. The Labute approximate surface area is 115 Å². The molecule has 19 heavy (non-hydrogen) atoms. The summed E-state index contributed by atoms with van der Waals surface area (Å²) in [4.78, 5) is 26.4. The van der Waals surface area contributed by atoms with E-state index in [0.29, 0.717) is 5.92 Å². The molecule has 2 amide bonds. The second kappa shape index (κ2) is 5.90. The minimum Gasteiger partial charge on any atom is -0.358 e. The minimum absolute atomic E-state index is 0.0618. The Hall–Kier alpha value is -1.10. The van der Waals surface area contributed by atoms with Crippen molar-refractivity contribution in [2.24, 2.45) is 5.92 Å². The Morgan fingerprint density at radius 1 is 1.21 bits per heavy atom. The summed E-state index contributed by atoms with van der Waals surface area (Å²) in [6.07, 6.45) is 4.06. The number of nitrogens with one attached hydrogen (secondary N) is 2. The molecule has 1 aliphatic heterocycles. The van der Waals surface area contributed by atoms with Gasteiger partial charge in [0.2, 0.25) is 11.8 Å². The molecule has 0 bridgehead atoms. The second-order valence-corrected chi connectivity index (χ2v) is 5.96. The van der Waals surface area contributed by atoms with Crippen molar-refractivity contribution in [2.75, 3.05) is 13.6 Å². The van der Waals surface area contributed by atoms with E-state index in [2.05, 4.69) is 15.5 Å². The average Bonchev–Trinajstić information content (AvgIpc) is 3.05. The molecule has 2 fully saturated rings. The number of hydrogen-bond donors (Lipinski definition) is 2. The predicted molar refractivity (Wildman–Crippen MR) is 73.6 cm³/mol. The summed E-state index contributed by atoms with van der Waals surface area (Å²) in [7, 11) is 1.68. The molecule has 108 valence electrons. The Morgan fingerprint density at radius 3 is 2.42 bits per heavy atom. The zero-order valence-corrected chi connectivity index (χ0v) is 12.1. The van der Waals surface area contributed by atoms with E-state index in [9.17, 15) is 9.59 Å². The van der Waals surface area contributed by atoms with Gasteiger partial charge in [-0.15, -0.1) is 0 Å². The fourth-order valence-corrected chi connectivity index (χ4v) is 2.98. The molecular formula is C14H25N3O2. The van der Waals surface area contributed by atoms with Crippen LogP contribution in [0.25, 0.3) is 0 Å². The SMILES string of the molecule is CNC(=O)C(C1CC1)N1CCCC1C(=O)NC(C)C. The molecule has 2 unspecified atom stereocenters. The van der Waals surface area contributed by atoms with E-state index in [1.807, 2.05) is 13.8 Å². The summed E-state index contributed by atoms with van der Waals surface area (Å²) in [6, 6.07) is -0.102. The standard InChI is InChI=1S/C14H25N3O2/c1-9(2)16-13(18)11-5-4-8-17(11)12(10-6-7-10)14(19)15-3/h9-12H,4-8H2,1-3H3,(H,15,19)(H,16,18). The first-order valence-electron chi connectivity index (χ1n) is 7.32. The van der Waals surface area contributed by atoms with Crippen LogP contribution in [-0.2, 0) is 9.59 Å². The summed E-state index contributed by atoms with van der Waals surface area (Å²) < 4.78 is 0. The van der Waals surface area contributed by atoms with Gasteiger partial charge in [0.15, 0.2) is 0 Å². The number of likely N-dealkylation sites (N-methyl/N-ethyl adjacent to an activating group) is 1. The van der Waals surface area contributed by atoms with Crippen molar-refractivity contribution >= 4 is 11.8 Å². The lowest BCUT2D eigenvalue weighted by Gasteiger charge is -2.31. The van der Waals surface area contributed by atoms with Gasteiger partial charge in [-0.3, -0.25) is 14.5 Å². The van der Waals surface area contributed by atoms with Crippen molar-refractivity contribution in [3.63, 3.8) is 0 Å². The first-order valence-corrected chi connectivity index (χ1v) is 7.32. The average molecular weight is 267 g/mol. The van der Waals surface area contributed by atoms with E-state index in [1.165, 1.54) is 0 Å². The van der Waals surface area contributed by atoms with Crippen molar-refractivity contribution in [1.29, 1.82) is 0 Å². The zero-order valence-electron chi connectivity index (χ0n) is 12.1. The monoisotopic (exact) mass is 267 g/mol. The number of carbonyl (C=O) groups is 2. The smallest absolute Gasteiger partial charge is 0.237 e. The largest absolute Gasteiger partial charge is 0.358 e. The van der Waals surface area contributed by atoms with E-state index >= 15 is 0 Å². The van der Waals surface area contributed by atoms with Crippen LogP contribution in [0.3, 0.4) is 0 Å². The van der Waals surface area contributed by atoms with Crippen LogP contribution in [0, 0.1) is 5.92 Å². The third-order valence-corrected chi connectivity index (χ3v) is 3.97. The normalized spacial score (nSPS) is 25.4. The number of hydrogen-bond acceptors (Lipinski definition) is 3. The molecule has 0 spiro atoms. The van der Waals surface area contributed by atoms with Crippen LogP contribution in [0.5, 0.6) is 0 Å². The molecule has 5 heteroatoms. The summed E-state index contributed by atoms with van der Waals surface area (Å²) >= 11 is 0. The maximum Gasteiger partial charge on any atom is 0.237 e. The highest BCUT2D eigenvalue weighted by Gasteiger charge is 2.45. The topological polar surface area (TPSA) is 61.4 Å². The fourth-order valence-electron chi connectivity index (χ4n) is 2.98. The lowest BCUT2D eigenvalue weighted by atomic mass is 10.1. The van der Waals surface area contributed by atoms with Gasteiger partial charge in [-0.1, -0.05) is 0 Å². The highest BCUT2D eigenvalue weighted by atomic mass is 16.2. The van der Waals surface area contributed by atoms with Crippen molar-refractivity contribution in [1.82, 2.24) is 15.5 Å². The maximum atomic E-state index is 12.2. The van der Waals surface area contributed by atoms with Crippen LogP contribution in [0.2, 0.25) is 0 Å². The first kappa shape index (κ1) is 14.3. The van der Waals surface area contributed by atoms with Gasteiger partial charge in [0, 0.05) is 13.1 Å². The number of rotatable bonds is 5. The minimum atomic E-state index is -0.134. The highest BCUT2D eigenvalue weighted by molar-refractivity contribution is 5.86. The van der Waals surface area contributed by atoms with Gasteiger partial charge in [-0.05, 0) is 52.0 Å². The Bertz CT molecular complexity index is 353. The molecule has 1 aliphatic carbocycles. The van der Waals surface area contributed by atoms with Gasteiger partial charge in [0.25, 0.3) is 0 Å². The van der Waals surface area contributed by atoms with E-state index in [-0.39, 0.29) is 29.9 Å². The predicted octanol–water partition coefficient (Wildman–Crippen LogP) is 0.500. The summed E-state index contributed by atoms with van der Waals surface area (Å²) in [6.45, 7) is 4.79. The van der Waals surface area contributed by atoms with Gasteiger partial charge in [0.1, 0.15) is 0 Å². The van der Waals surface area contributed by atoms with Gasteiger partial charge in [-0.25, -0.2) is 0 Å². The van der Waals surface area contributed by atoms with Gasteiger partial charge in [0.05, 0.1) is 12.1 Å². The molecule has 1 saturated carbocycles. The van der Waals surface area contributed by atoms with Crippen molar-refractivity contribution in [3.8, 4) is 0 Å². The van der Waals surface area contributed by atoms with Crippen molar-refractivity contribution in [3.05, 3.63) is 0 Å². The van der Waals surface area contributed by atoms with E-state index < -0.39 is 0 Å². The third-order valence-electron chi connectivity index (χ3n) is 3.97. The molecule has 0 aromatic carbocycles. The fraction of sp³-hybridized carbons (Fsp3) is 0.857. The molecule has 1 saturated heterocycles. The molecule has 2 aliphatic rings. The maximum absolute atomic E-state index is 12.2. The Morgan fingerprint density at radius 2 is 1.89 bits per heavy atom. The quantitative estimate of drug-likeness (QED) is 0.762. The van der Waals surface area contributed by atoms with Crippen LogP contribution < -0.4 is 10.6 Å². The van der Waals surface area contributed by atoms with Crippen molar-refractivity contribution in [2.45, 2.75) is 57.7 Å². The van der Waals surface area contributed by atoms with Gasteiger partial charge >= 0.3 is 0 Å². The second-order valence-electron chi connectivity index (χ2n) is 5.96. The highest BCUT2D eigenvalue weighted by Crippen LogP contribution is 2.38. The zero-order chi connectivity index (χ0) is 14.0. The van der Waals surface area contributed by atoms with E-state index in [0.717, 1.165) is 32.2 Å². The molecule has 2 atom stereocenters. The Balaban J connectivity index is 2.07. The van der Waals surface area contributed by atoms with Gasteiger partial charge in [-0.2, -0.15) is 0 Å². The molecule has 2 N–H and O–H groups in total. The van der Waals surface area contributed by atoms with E-state index in [4.69, 9.17) is 0 Å². The molecule has 0 radical (unpaired) electrons. The number of amides is 2. The number of likely N-dealkylation sites (tertiary alicyclic amines) is 1. The lowest BCUT2D eigenvalue weighted by molar-refractivity contribution is -0.131. The van der Waals surface area contributed by atoms with E-state index in [1.54, 1.807) is 7.05 Å².